The molecule has 2 rings (SSSR count). The number of nitrogens with zero attached hydrogens (tertiary/aromatic N) is 3. The van der Waals surface area contributed by atoms with Crippen molar-refractivity contribution >= 4 is 33.0 Å². The van der Waals surface area contributed by atoms with Gasteiger partial charge in [0.05, 0.1) is 0 Å². The van der Waals surface area contributed by atoms with Gasteiger partial charge in [-0.1, -0.05) is 0 Å². The van der Waals surface area contributed by atoms with E-state index in [2.05, 4.69) is 25.9 Å². The number of nitrogens with two attached hydrogens (primary N) is 1. The first-order valence-electron chi connectivity index (χ1n) is 5.48. The van der Waals surface area contributed by atoms with Gasteiger partial charge in [0, 0.05) is 30.9 Å². The lowest BCUT2D eigenvalue weighted by molar-refractivity contribution is 0.191. The normalized spacial score (nSPS) is 11.2. The predicted molar refractivity (Wildman–Crippen MR) is 70.8 cm³/mol. The maximum atomic E-state index is 5.88. The van der Waals surface area contributed by atoms with Gasteiger partial charge < -0.3 is 10.5 Å². The first-order chi connectivity index (χ1) is 8.22. The molecule has 0 unspecified atom stereocenters. The standard InChI is InChI=1S/C11H15BrN4O/c1-17-5-3-2-4-16-10-9(15-11(16)13)6-8(12)7-14-10/h6-7H,2-5H2,1H3,(H2,13,15). The zero-order chi connectivity index (χ0) is 12.3. The van der Waals surface area contributed by atoms with Crippen molar-refractivity contribution in [1.82, 2.24) is 14.5 Å². The van der Waals surface area contributed by atoms with Crippen LogP contribution in [0.25, 0.3) is 11.2 Å². The Balaban J connectivity index is 2.18. The van der Waals surface area contributed by atoms with Crippen LogP contribution in [0, 0.1) is 0 Å². The number of unbranched alkanes of at least 4 members (excludes halogenated alkanes) is 1. The molecule has 2 aromatic rings. The van der Waals surface area contributed by atoms with Gasteiger partial charge in [-0.3, -0.25) is 4.57 Å². The van der Waals surface area contributed by atoms with Gasteiger partial charge in [0.1, 0.15) is 5.52 Å². The summed E-state index contributed by atoms with van der Waals surface area (Å²) in [6, 6.07) is 1.92. The molecular formula is C11H15BrN4O. The van der Waals surface area contributed by atoms with Gasteiger partial charge in [-0.15, -0.1) is 0 Å². The van der Waals surface area contributed by atoms with Crippen molar-refractivity contribution < 1.29 is 4.74 Å². The molecule has 0 aliphatic rings. The van der Waals surface area contributed by atoms with E-state index in [0.29, 0.717) is 5.95 Å². The Kier molecular flexibility index (Phi) is 3.96. The third-order valence-electron chi connectivity index (χ3n) is 2.56. The van der Waals surface area contributed by atoms with Gasteiger partial charge >= 0.3 is 0 Å². The molecule has 6 heteroatoms. The summed E-state index contributed by atoms with van der Waals surface area (Å²) in [5, 5.41) is 0. The highest BCUT2D eigenvalue weighted by molar-refractivity contribution is 9.10. The highest BCUT2D eigenvalue weighted by atomic mass is 79.9. The SMILES string of the molecule is COCCCCn1c(N)nc2cc(Br)cnc21. The molecule has 0 amide bonds. The Morgan fingerprint density at radius 1 is 1.47 bits per heavy atom. The molecule has 17 heavy (non-hydrogen) atoms. The van der Waals surface area contributed by atoms with Crippen molar-refractivity contribution in [3.63, 3.8) is 0 Å². The molecule has 0 radical (unpaired) electrons. The van der Waals surface area contributed by atoms with Crippen molar-refractivity contribution in [1.29, 1.82) is 0 Å². The molecule has 92 valence electrons. The molecule has 0 bridgehead atoms. The van der Waals surface area contributed by atoms with E-state index >= 15 is 0 Å². The van der Waals surface area contributed by atoms with Crippen LogP contribution in [-0.4, -0.2) is 28.3 Å². The molecule has 0 fully saturated rings. The number of hydrogen-bond donors (Lipinski definition) is 1. The van der Waals surface area contributed by atoms with Gasteiger partial charge in [0.15, 0.2) is 5.65 Å². The Bertz CT molecular complexity index is 511. The lowest BCUT2D eigenvalue weighted by Crippen LogP contribution is -2.05. The molecule has 0 saturated carbocycles. The van der Waals surface area contributed by atoms with Gasteiger partial charge in [-0.2, -0.15) is 0 Å². The fourth-order valence-corrected chi connectivity index (χ4v) is 2.06. The summed E-state index contributed by atoms with van der Waals surface area (Å²) >= 11 is 3.37. The molecule has 2 aromatic heterocycles. The molecule has 0 saturated heterocycles. The van der Waals surface area contributed by atoms with Crippen molar-refractivity contribution in [3.05, 3.63) is 16.7 Å². The molecule has 0 atom stereocenters. The second kappa shape index (κ2) is 5.46. The lowest BCUT2D eigenvalue weighted by Gasteiger charge is -2.05. The lowest BCUT2D eigenvalue weighted by atomic mass is 10.3. The molecule has 2 heterocycles. The summed E-state index contributed by atoms with van der Waals surface area (Å²) in [6.07, 6.45) is 3.77. The number of aromatic nitrogens is 3. The highest BCUT2D eigenvalue weighted by Gasteiger charge is 2.09. The van der Waals surface area contributed by atoms with Crippen LogP contribution in [0.4, 0.5) is 5.95 Å². The first kappa shape index (κ1) is 12.3. The van der Waals surface area contributed by atoms with E-state index in [1.165, 1.54) is 0 Å². The average molecular weight is 299 g/mol. The summed E-state index contributed by atoms with van der Waals surface area (Å²) in [5.74, 6) is 0.517. The zero-order valence-corrected chi connectivity index (χ0v) is 11.3. The largest absolute Gasteiger partial charge is 0.385 e. The smallest absolute Gasteiger partial charge is 0.202 e. The molecule has 0 aliphatic carbocycles. The Morgan fingerprint density at radius 2 is 2.29 bits per heavy atom. The monoisotopic (exact) mass is 298 g/mol. The van der Waals surface area contributed by atoms with Crippen molar-refractivity contribution in [2.45, 2.75) is 19.4 Å². The second-order valence-electron chi connectivity index (χ2n) is 3.82. The van der Waals surface area contributed by atoms with E-state index in [1.54, 1.807) is 13.3 Å². The molecule has 0 aromatic carbocycles. The number of fused-ring (bicyclic) bond motifs is 1. The van der Waals surface area contributed by atoms with E-state index in [4.69, 9.17) is 10.5 Å². The van der Waals surface area contributed by atoms with Crippen molar-refractivity contribution in [2.75, 3.05) is 19.5 Å². The van der Waals surface area contributed by atoms with Crippen LogP contribution < -0.4 is 5.73 Å². The Hall–Kier alpha value is -1.14. The van der Waals surface area contributed by atoms with Crippen molar-refractivity contribution in [3.8, 4) is 0 Å². The second-order valence-corrected chi connectivity index (χ2v) is 4.73. The van der Waals surface area contributed by atoms with Crippen molar-refractivity contribution in [2.24, 2.45) is 0 Å². The van der Waals surface area contributed by atoms with Crippen LogP contribution in [0.1, 0.15) is 12.8 Å². The van der Waals surface area contributed by atoms with Crippen LogP contribution in [0.2, 0.25) is 0 Å². The topological polar surface area (TPSA) is 66.0 Å². The Labute approximate surface area is 108 Å². The fraction of sp³-hybridized carbons (Fsp3) is 0.455. The van der Waals surface area contributed by atoms with Crippen LogP contribution >= 0.6 is 15.9 Å². The van der Waals surface area contributed by atoms with Crippen LogP contribution in [-0.2, 0) is 11.3 Å². The first-order valence-corrected chi connectivity index (χ1v) is 6.28. The number of halogens is 1. The molecule has 2 N–H and O–H groups in total. The van der Waals surface area contributed by atoms with Gasteiger partial charge in [0.25, 0.3) is 0 Å². The minimum absolute atomic E-state index is 0.517. The van der Waals surface area contributed by atoms with E-state index in [0.717, 1.165) is 41.6 Å². The summed E-state index contributed by atoms with van der Waals surface area (Å²) in [5.41, 5.74) is 7.54. The van der Waals surface area contributed by atoms with E-state index in [9.17, 15) is 0 Å². The quantitative estimate of drug-likeness (QED) is 0.860. The number of methoxy groups -OCH3 is 1. The maximum absolute atomic E-state index is 5.88. The van der Waals surface area contributed by atoms with Crippen LogP contribution in [0.3, 0.4) is 0 Å². The molecule has 5 nitrogen and oxygen atoms in total. The number of nitrogen functional groups attached to an aromatic ring is 1. The van der Waals surface area contributed by atoms with Crippen LogP contribution in [0.15, 0.2) is 16.7 Å². The third-order valence-corrected chi connectivity index (χ3v) is 2.99. The number of aryl methyl sites for hydroxylation is 1. The number of hydrogen-bond acceptors (Lipinski definition) is 4. The van der Waals surface area contributed by atoms with E-state index in [-0.39, 0.29) is 0 Å². The number of ether oxygens (including phenoxy) is 1. The minimum Gasteiger partial charge on any atom is -0.385 e. The third kappa shape index (κ3) is 2.76. The summed E-state index contributed by atoms with van der Waals surface area (Å²) in [7, 11) is 1.71. The van der Waals surface area contributed by atoms with E-state index < -0.39 is 0 Å². The number of rotatable bonds is 5. The molecule has 0 spiro atoms. The molecule has 0 aliphatic heterocycles. The van der Waals surface area contributed by atoms with Gasteiger partial charge in [-0.25, -0.2) is 9.97 Å². The molecular weight excluding hydrogens is 284 g/mol. The number of anilines is 1. The average Bonchev–Trinajstić information content (AvgIpc) is 2.60. The summed E-state index contributed by atoms with van der Waals surface area (Å²) < 4.78 is 7.87. The van der Waals surface area contributed by atoms with Gasteiger partial charge in [-0.05, 0) is 34.8 Å². The van der Waals surface area contributed by atoms with Gasteiger partial charge in [0.2, 0.25) is 5.95 Å². The number of pyridine rings is 1. The summed E-state index contributed by atoms with van der Waals surface area (Å²) in [4.78, 5) is 8.63. The van der Waals surface area contributed by atoms with E-state index in [1.807, 2.05) is 10.6 Å². The number of imidazole rings is 1. The highest BCUT2D eigenvalue weighted by Crippen LogP contribution is 2.19. The minimum atomic E-state index is 0.517. The maximum Gasteiger partial charge on any atom is 0.202 e. The fourth-order valence-electron chi connectivity index (χ4n) is 1.74. The summed E-state index contributed by atoms with van der Waals surface area (Å²) in [6.45, 7) is 1.59. The Morgan fingerprint density at radius 3 is 3.06 bits per heavy atom. The van der Waals surface area contributed by atoms with Crippen LogP contribution in [0.5, 0.6) is 0 Å². The predicted octanol–water partition coefficient (Wildman–Crippen LogP) is 2.20. The zero-order valence-electron chi connectivity index (χ0n) is 9.69.